The van der Waals surface area contributed by atoms with Crippen molar-refractivity contribution < 1.29 is 8.42 Å². The van der Waals surface area contributed by atoms with E-state index in [-0.39, 0.29) is 4.90 Å². The van der Waals surface area contributed by atoms with Gasteiger partial charge in [-0.15, -0.1) is 0 Å². The van der Waals surface area contributed by atoms with Crippen LogP contribution in [0.1, 0.15) is 11.1 Å². The molecule has 0 radical (unpaired) electrons. The van der Waals surface area contributed by atoms with Crippen molar-refractivity contribution in [3.05, 3.63) is 83.9 Å². The van der Waals surface area contributed by atoms with Crippen molar-refractivity contribution in [1.29, 1.82) is 0 Å². The Kier molecular flexibility index (Phi) is 4.49. The Morgan fingerprint density at radius 3 is 2.46 bits per heavy atom. The van der Waals surface area contributed by atoms with E-state index in [1.165, 1.54) is 11.1 Å². The minimum absolute atomic E-state index is 0.283. The molecular weight excluding hydrogens is 344 g/mol. The van der Waals surface area contributed by atoms with Crippen molar-refractivity contribution in [2.75, 3.05) is 11.3 Å². The van der Waals surface area contributed by atoms with Gasteiger partial charge in [0.15, 0.2) is 0 Å². The van der Waals surface area contributed by atoms with Crippen molar-refractivity contribution >= 4 is 15.7 Å². The molecule has 5 heteroatoms. The van der Waals surface area contributed by atoms with Gasteiger partial charge in [0.05, 0.1) is 4.90 Å². The van der Waals surface area contributed by atoms with Gasteiger partial charge in [0.25, 0.3) is 10.0 Å². The molecule has 0 saturated carbocycles. The van der Waals surface area contributed by atoms with Crippen LogP contribution < -0.4 is 10.0 Å². The third-order valence-corrected chi connectivity index (χ3v) is 6.05. The Labute approximate surface area is 153 Å². The lowest BCUT2D eigenvalue weighted by Gasteiger charge is -2.19. The van der Waals surface area contributed by atoms with E-state index in [4.69, 9.17) is 0 Å². The summed E-state index contributed by atoms with van der Waals surface area (Å²) < 4.78 is 28.8. The maximum atomic E-state index is 13.0. The van der Waals surface area contributed by atoms with Crippen molar-refractivity contribution in [2.45, 2.75) is 17.9 Å². The van der Waals surface area contributed by atoms with Crippen LogP contribution in [0.5, 0.6) is 0 Å². The fourth-order valence-electron chi connectivity index (χ4n) is 3.31. The van der Waals surface area contributed by atoms with Crippen molar-refractivity contribution in [1.82, 2.24) is 5.32 Å². The summed E-state index contributed by atoms with van der Waals surface area (Å²) in [6.45, 7) is 1.75. The van der Waals surface area contributed by atoms with Gasteiger partial charge in [-0.2, -0.15) is 0 Å². The molecule has 26 heavy (non-hydrogen) atoms. The summed E-state index contributed by atoms with van der Waals surface area (Å²) in [5.74, 6) is 0. The van der Waals surface area contributed by atoms with Crippen LogP contribution in [-0.4, -0.2) is 15.0 Å². The summed E-state index contributed by atoms with van der Waals surface area (Å²) in [6.07, 6.45) is 0.908. The summed E-state index contributed by atoms with van der Waals surface area (Å²) in [5, 5.41) is 3.32. The number of hydrogen-bond acceptors (Lipinski definition) is 3. The lowest BCUT2D eigenvalue weighted by molar-refractivity contribution is 0.601. The first kappa shape index (κ1) is 16.8. The number of hydrogen-bond donors (Lipinski definition) is 2. The number of rotatable bonds is 4. The fourth-order valence-corrected chi connectivity index (χ4v) is 4.59. The van der Waals surface area contributed by atoms with E-state index in [2.05, 4.69) is 10.0 Å². The van der Waals surface area contributed by atoms with E-state index in [1.807, 2.05) is 60.7 Å². The largest absolute Gasteiger partial charge is 0.312 e. The molecule has 0 aliphatic carbocycles. The van der Waals surface area contributed by atoms with E-state index in [9.17, 15) is 8.42 Å². The molecule has 0 atom stereocenters. The molecule has 0 fully saturated rings. The van der Waals surface area contributed by atoms with E-state index in [0.717, 1.165) is 25.1 Å². The Hall–Kier alpha value is -2.63. The number of fused-ring (bicyclic) bond motifs is 1. The topological polar surface area (TPSA) is 58.2 Å². The van der Waals surface area contributed by atoms with Gasteiger partial charge in [-0.25, -0.2) is 8.42 Å². The number of sulfonamides is 1. The minimum Gasteiger partial charge on any atom is -0.312 e. The first-order chi connectivity index (χ1) is 12.6. The van der Waals surface area contributed by atoms with Crippen LogP contribution in [0.3, 0.4) is 0 Å². The van der Waals surface area contributed by atoms with Gasteiger partial charge in [0.1, 0.15) is 0 Å². The van der Waals surface area contributed by atoms with Crippen molar-refractivity contribution in [2.24, 2.45) is 0 Å². The molecule has 1 aliphatic heterocycles. The number of nitrogens with one attached hydrogen (secondary N) is 2. The number of anilines is 1. The second kappa shape index (κ2) is 6.94. The highest BCUT2D eigenvalue weighted by atomic mass is 32.2. The normalized spacial score (nSPS) is 13.8. The second-order valence-corrected chi connectivity index (χ2v) is 8.03. The van der Waals surface area contributed by atoms with Crippen LogP contribution >= 0.6 is 0 Å². The molecular formula is C21H20N2O2S. The van der Waals surface area contributed by atoms with Crippen LogP contribution in [0.4, 0.5) is 5.69 Å². The lowest BCUT2D eigenvalue weighted by atomic mass is 10.0. The van der Waals surface area contributed by atoms with Gasteiger partial charge in [0, 0.05) is 17.8 Å². The third-order valence-electron chi connectivity index (χ3n) is 4.61. The van der Waals surface area contributed by atoms with E-state index in [0.29, 0.717) is 11.3 Å². The molecule has 3 aromatic carbocycles. The zero-order valence-electron chi connectivity index (χ0n) is 14.3. The summed E-state index contributed by atoms with van der Waals surface area (Å²) in [5.41, 5.74) is 4.60. The molecule has 0 aromatic heterocycles. The van der Waals surface area contributed by atoms with Crippen molar-refractivity contribution in [3.63, 3.8) is 0 Å². The predicted octanol–water partition coefficient (Wildman–Crippen LogP) is 3.80. The highest BCUT2D eigenvalue weighted by Crippen LogP contribution is 2.29. The molecule has 0 saturated heterocycles. The molecule has 132 valence electrons. The maximum absolute atomic E-state index is 13.0. The molecule has 3 aromatic rings. The standard InChI is InChI=1S/C21H20N2O2S/c24-26(25,23-19-11-10-18-15-22-13-12-17(18)14-19)21-9-5-4-8-20(21)16-6-2-1-3-7-16/h1-11,14,22-23H,12-13,15H2. The van der Waals surface area contributed by atoms with E-state index < -0.39 is 10.0 Å². The first-order valence-electron chi connectivity index (χ1n) is 8.63. The van der Waals surface area contributed by atoms with Crippen LogP contribution in [0, 0.1) is 0 Å². The van der Waals surface area contributed by atoms with Gasteiger partial charge in [-0.3, -0.25) is 4.72 Å². The molecule has 0 unspecified atom stereocenters. The second-order valence-electron chi connectivity index (χ2n) is 6.38. The smallest absolute Gasteiger partial charge is 0.262 e. The molecule has 1 heterocycles. The third kappa shape index (κ3) is 3.36. The SMILES string of the molecule is O=S(=O)(Nc1ccc2c(c1)CCNC2)c1ccccc1-c1ccccc1. The molecule has 0 bridgehead atoms. The van der Waals surface area contributed by atoms with Gasteiger partial charge in [-0.1, -0.05) is 54.6 Å². The molecule has 2 N–H and O–H groups in total. The molecule has 0 spiro atoms. The van der Waals surface area contributed by atoms with Crippen LogP contribution in [0.25, 0.3) is 11.1 Å². The zero-order valence-corrected chi connectivity index (χ0v) is 15.1. The Bertz CT molecular complexity index is 1030. The van der Waals surface area contributed by atoms with E-state index in [1.54, 1.807) is 12.1 Å². The van der Waals surface area contributed by atoms with E-state index >= 15 is 0 Å². The predicted molar refractivity (Wildman–Crippen MR) is 105 cm³/mol. The van der Waals surface area contributed by atoms with Crippen molar-refractivity contribution in [3.8, 4) is 11.1 Å². The average Bonchev–Trinajstić information content (AvgIpc) is 2.68. The quantitative estimate of drug-likeness (QED) is 0.740. The average molecular weight is 364 g/mol. The highest BCUT2D eigenvalue weighted by molar-refractivity contribution is 7.92. The molecule has 1 aliphatic rings. The van der Waals surface area contributed by atoms with Gasteiger partial charge in [0.2, 0.25) is 0 Å². The zero-order chi connectivity index (χ0) is 18.0. The monoisotopic (exact) mass is 364 g/mol. The molecule has 4 rings (SSSR count). The minimum atomic E-state index is -3.68. The molecule has 4 nitrogen and oxygen atoms in total. The van der Waals surface area contributed by atoms with Gasteiger partial charge < -0.3 is 5.32 Å². The summed E-state index contributed by atoms with van der Waals surface area (Å²) in [7, 11) is -3.68. The summed E-state index contributed by atoms with van der Waals surface area (Å²) >= 11 is 0. The van der Waals surface area contributed by atoms with Gasteiger partial charge >= 0.3 is 0 Å². The van der Waals surface area contributed by atoms with Crippen LogP contribution in [0.2, 0.25) is 0 Å². The Morgan fingerprint density at radius 1 is 0.846 bits per heavy atom. The fraction of sp³-hybridized carbons (Fsp3) is 0.143. The lowest BCUT2D eigenvalue weighted by Crippen LogP contribution is -2.23. The van der Waals surface area contributed by atoms with Crippen LogP contribution in [-0.2, 0) is 23.0 Å². The van der Waals surface area contributed by atoms with Crippen LogP contribution in [0.15, 0.2) is 77.7 Å². The maximum Gasteiger partial charge on any atom is 0.262 e. The summed E-state index contributed by atoms with van der Waals surface area (Å²) in [4.78, 5) is 0.283. The number of benzene rings is 3. The van der Waals surface area contributed by atoms with Gasteiger partial charge in [-0.05, 0) is 47.9 Å². The highest BCUT2D eigenvalue weighted by Gasteiger charge is 2.20. The first-order valence-corrected chi connectivity index (χ1v) is 10.1. The summed E-state index contributed by atoms with van der Waals surface area (Å²) in [6, 6.07) is 22.4. The molecule has 0 amide bonds. The Balaban J connectivity index is 1.70. The Morgan fingerprint density at radius 2 is 1.62 bits per heavy atom.